The fourth-order valence-electron chi connectivity index (χ4n) is 1.80. The molecular weight excluding hydrogens is 219 g/mol. The molecule has 5 heteroatoms. The van der Waals surface area contributed by atoms with Crippen LogP contribution in [0.5, 0.6) is 0 Å². The summed E-state index contributed by atoms with van der Waals surface area (Å²) in [4.78, 5) is 4.31. The van der Waals surface area contributed by atoms with E-state index in [4.69, 9.17) is 5.73 Å². The van der Waals surface area contributed by atoms with Crippen molar-refractivity contribution >= 4 is 11.5 Å². The maximum absolute atomic E-state index is 13.9. The molecule has 0 fully saturated rings. The first kappa shape index (κ1) is 11.9. The summed E-state index contributed by atoms with van der Waals surface area (Å²) in [6.07, 6.45) is 0.818. The van der Waals surface area contributed by atoms with Crippen molar-refractivity contribution in [1.29, 1.82) is 0 Å². The van der Waals surface area contributed by atoms with E-state index in [1.807, 2.05) is 13.0 Å². The molecule has 0 radical (unpaired) electrons. The Labute approximate surface area is 100 Å². The van der Waals surface area contributed by atoms with E-state index in [1.54, 1.807) is 11.1 Å². The van der Waals surface area contributed by atoms with Gasteiger partial charge in [0.15, 0.2) is 0 Å². The molecule has 0 spiro atoms. The first-order valence-electron chi connectivity index (χ1n) is 5.80. The van der Waals surface area contributed by atoms with Crippen molar-refractivity contribution in [3.63, 3.8) is 0 Å². The molecule has 2 rings (SSSR count). The molecule has 1 aromatic rings. The standard InChI is InChI=1S/C12H17FN4/c1-2-12-15-5-6-17(16-12)11-4-3-9(8-14)7-10(11)13/h3-4,7H,2,5-6,8,14H2,1H3,(H,15,16). The minimum atomic E-state index is -0.252. The lowest BCUT2D eigenvalue weighted by Gasteiger charge is -2.30. The van der Waals surface area contributed by atoms with Gasteiger partial charge < -0.3 is 5.73 Å². The van der Waals surface area contributed by atoms with Crippen LogP contribution < -0.4 is 16.2 Å². The smallest absolute Gasteiger partial charge is 0.148 e. The molecule has 0 saturated heterocycles. The third-order valence-corrected chi connectivity index (χ3v) is 2.76. The first-order valence-corrected chi connectivity index (χ1v) is 5.80. The van der Waals surface area contributed by atoms with Gasteiger partial charge in [0, 0.05) is 13.0 Å². The Hall–Kier alpha value is -1.62. The molecule has 1 heterocycles. The molecule has 92 valence electrons. The van der Waals surface area contributed by atoms with Gasteiger partial charge in [0.05, 0.1) is 18.8 Å². The SMILES string of the molecule is CCC1=NCCN(c2ccc(CN)cc2F)N1. The van der Waals surface area contributed by atoms with Crippen LogP contribution in [0.25, 0.3) is 0 Å². The van der Waals surface area contributed by atoms with Gasteiger partial charge in [-0.1, -0.05) is 13.0 Å². The summed E-state index contributed by atoms with van der Waals surface area (Å²) < 4.78 is 13.9. The van der Waals surface area contributed by atoms with Crippen LogP contribution in [0.15, 0.2) is 23.2 Å². The normalized spacial score (nSPS) is 15.5. The van der Waals surface area contributed by atoms with Gasteiger partial charge in [0.1, 0.15) is 11.7 Å². The van der Waals surface area contributed by atoms with Crippen molar-refractivity contribution in [3.8, 4) is 0 Å². The lowest BCUT2D eigenvalue weighted by Crippen LogP contribution is -2.47. The molecule has 0 aromatic heterocycles. The number of nitrogens with two attached hydrogens (primary N) is 1. The highest BCUT2D eigenvalue weighted by molar-refractivity contribution is 5.84. The van der Waals surface area contributed by atoms with Crippen LogP contribution in [0.1, 0.15) is 18.9 Å². The summed E-state index contributed by atoms with van der Waals surface area (Å²) in [5, 5.41) is 1.79. The average molecular weight is 236 g/mol. The minimum absolute atomic E-state index is 0.252. The zero-order valence-corrected chi connectivity index (χ0v) is 9.91. The van der Waals surface area contributed by atoms with Crippen molar-refractivity contribution in [1.82, 2.24) is 5.43 Å². The number of amidine groups is 1. The van der Waals surface area contributed by atoms with Crippen LogP contribution in [0.3, 0.4) is 0 Å². The number of rotatable bonds is 3. The van der Waals surface area contributed by atoms with Crippen LogP contribution >= 0.6 is 0 Å². The molecule has 1 aliphatic rings. The van der Waals surface area contributed by atoms with Gasteiger partial charge in [-0.15, -0.1) is 0 Å². The number of nitrogens with zero attached hydrogens (tertiary/aromatic N) is 2. The maximum Gasteiger partial charge on any atom is 0.148 e. The van der Waals surface area contributed by atoms with Gasteiger partial charge in [-0.05, 0) is 17.7 Å². The fourth-order valence-corrected chi connectivity index (χ4v) is 1.80. The Bertz CT molecular complexity index is 431. The Morgan fingerprint density at radius 2 is 2.35 bits per heavy atom. The second kappa shape index (κ2) is 5.14. The zero-order chi connectivity index (χ0) is 12.3. The number of benzene rings is 1. The topological polar surface area (TPSA) is 53.6 Å². The maximum atomic E-state index is 13.9. The molecule has 4 nitrogen and oxygen atoms in total. The highest BCUT2D eigenvalue weighted by atomic mass is 19.1. The Morgan fingerprint density at radius 1 is 1.53 bits per heavy atom. The van der Waals surface area contributed by atoms with Crippen molar-refractivity contribution in [2.75, 3.05) is 18.1 Å². The summed E-state index contributed by atoms with van der Waals surface area (Å²) in [5.74, 6) is 0.636. The summed E-state index contributed by atoms with van der Waals surface area (Å²) in [5.41, 5.74) is 9.93. The summed E-state index contributed by atoms with van der Waals surface area (Å²) >= 11 is 0. The predicted octanol–water partition coefficient (Wildman–Crippen LogP) is 1.42. The van der Waals surface area contributed by atoms with E-state index in [0.717, 1.165) is 17.8 Å². The molecule has 0 aliphatic carbocycles. The molecule has 17 heavy (non-hydrogen) atoms. The van der Waals surface area contributed by atoms with Crippen molar-refractivity contribution < 1.29 is 4.39 Å². The lowest BCUT2D eigenvalue weighted by atomic mass is 10.2. The molecular formula is C12H17FN4. The highest BCUT2D eigenvalue weighted by Crippen LogP contribution is 2.20. The van der Waals surface area contributed by atoms with E-state index in [9.17, 15) is 4.39 Å². The fraction of sp³-hybridized carbons (Fsp3) is 0.417. The average Bonchev–Trinajstić information content (AvgIpc) is 2.38. The number of hydrazine groups is 1. The second-order valence-electron chi connectivity index (χ2n) is 3.94. The largest absolute Gasteiger partial charge is 0.326 e. The number of hydrogen-bond donors (Lipinski definition) is 2. The predicted molar refractivity (Wildman–Crippen MR) is 67.4 cm³/mol. The zero-order valence-electron chi connectivity index (χ0n) is 9.91. The third-order valence-electron chi connectivity index (χ3n) is 2.76. The highest BCUT2D eigenvalue weighted by Gasteiger charge is 2.15. The van der Waals surface area contributed by atoms with E-state index >= 15 is 0 Å². The molecule has 0 bridgehead atoms. The molecule has 0 saturated carbocycles. The van der Waals surface area contributed by atoms with Crippen LogP contribution in [0, 0.1) is 5.82 Å². The number of hydrogen-bond acceptors (Lipinski definition) is 4. The quantitative estimate of drug-likeness (QED) is 0.834. The van der Waals surface area contributed by atoms with Gasteiger partial charge >= 0.3 is 0 Å². The van der Waals surface area contributed by atoms with Crippen molar-refractivity contribution in [2.45, 2.75) is 19.9 Å². The van der Waals surface area contributed by atoms with Gasteiger partial charge in [-0.25, -0.2) is 4.39 Å². The van der Waals surface area contributed by atoms with Gasteiger partial charge in [0.25, 0.3) is 0 Å². The van der Waals surface area contributed by atoms with E-state index in [-0.39, 0.29) is 5.82 Å². The van der Waals surface area contributed by atoms with Gasteiger partial charge in [-0.2, -0.15) is 0 Å². The number of nitrogens with one attached hydrogen (secondary N) is 1. The van der Waals surface area contributed by atoms with Crippen LogP contribution in [0.4, 0.5) is 10.1 Å². The Balaban J connectivity index is 2.20. The second-order valence-corrected chi connectivity index (χ2v) is 3.94. The van der Waals surface area contributed by atoms with E-state index in [0.29, 0.717) is 25.3 Å². The molecule has 0 unspecified atom stereocenters. The summed E-state index contributed by atoms with van der Waals surface area (Å²) in [6.45, 7) is 3.73. The minimum Gasteiger partial charge on any atom is -0.326 e. The third kappa shape index (κ3) is 2.55. The molecule has 0 amide bonds. The van der Waals surface area contributed by atoms with E-state index in [1.165, 1.54) is 6.07 Å². The number of anilines is 1. The molecule has 0 atom stereocenters. The van der Waals surface area contributed by atoms with Crippen LogP contribution in [-0.4, -0.2) is 18.9 Å². The van der Waals surface area contributed by atoms with Gasteiger partial charge in [-0.3, -0.25) is 15.4 Å². The first-order chi connectivity index (χ1) is 8.24. The van der Waals surface area contributed by atoms with E-state index in [2.05, 4.69) is 10.4 Å². The lowest BCUT2D eigenvalue weighted by molar-refractivity contribution is 0.604. The van der Waals surface area contributed by atoms with Crippen LogP contribution in [0.2, 0.25) is 0 Å². The number of aliphatic imine (C=N–C) groups is 1. The Morgan fingerprint density at radius 3 is 3.00 bits per heavy atom. The van der Waals surface area contributed by atoms with E-state index < -0.39 is 0 Å². The van der Waals surface area contributed by atoms with Crippen molar-refractivity contribution in [3.05, 3.63) is 29.6 Å². The molecule has 3 N–H and O–H groups in total. The summed E-state index contributed by atoms with van der Waals surface area (Å²) in [7, 11) is 0. The van der Waals surface area contributed by atoms with Gasteiger partial charge in [0.2, 0.25) is 0 Å². The van der Waals surface area contributed by atoms with Crippen LogP contribution in [-0.2, 0) is 6.54 Å². The molecule has 1 aliphatic heterocycles. The summed E-state index contributed by atoms with van der Waals surface area (Å²) in [6, 6.07) is 5.08. The monoisotopic (exact) mass is 236 g/mol. The molecule has 1 aromatic carbocycles. The van der Waals surface area contributed by atoms with Crippen molar-refractivity contribution in [2.24, 2.45) is 10.7 Å². The Kier molecular flexibility index (Phi) is 3.58. The number of halogens is 1.